The monoisotopic (exact) mass is 390 g/mol. The summed E-state index contributed by atoms with van der Waals surface area (Å²) in [7, 11) is 3.13. The summed E-state index contributed by atoms with van der Waals surface area (Å²) in [6.45, 7) is 1.37. The van der Waals surface area contributed by atoms with E-state index in [2.05, 4.69) is 15.3 Å². The van der Waals surface area contributed by atoms with Gasteiger partial charge in [0.25, 0.3) is 0 Å². The summed E-state index contributed by atoms with van der Waals surface area (Å²) in [6.07, 6.45) is 3.50. The van der Waals surface area contributed by atoms with Crippen molar-refractivity contribution in [2.45, 2.75) is 25.3 Å². The van der Waals surface area contributed by atoms with E-state index in [9.17, 15) is 4.79 Å². The van der Waals surface area contributed by atoms with Crippen molar-refractivity contribution in [2.75, 3.05) is 32.6 Å². The second-order valence-corrected chi connectivity index (χ2v) is 6.75. The van der Waals surface area contributed by atoms with E-state index in [-0.39, 0.29) is 18.0 Å². The Balaban J connectivity index is 1.55. The first-order chi connectivity index (χ1) is 13.1. The molecule has 0 spiro atoms. The Kier molecular flexibility index (Phi) is 6.34. The van der Waals surface area contributed by atoms with Gasteiger partial charge in [-0.1, -0.05) is 29.8 Å². The summed E-state index contributed by atoms with van der Waals surface area (Å²) >= 11 is 6.15. The van der Waals surface area contributed by atoms with Crippen molar-refractivity contribution in [2.24, 2.45) is 0 Å². The number of carbonyl (C=O) groups is 1. The number of amides is 1. The molecule has 0 radical (unpaired) electrons. The van der Waals surface area contributed by atoms with Gasteiger partial charge in [-0.2, -0.15) is 4.98 Å². The molecule has 0 saturated carbocycles. The number of carbonyl (C=O) groups excluding carboxylic acids is 1. The molecule has 144 valence electrons. The highest BCUT2D eigenvalue weighted by Gasteiger charge is 2.24. The second-order valence-electron chi connectivity index (χ2n) is 6.34. The fraction of sp³-hybridized carbons (Fsp3) is 0.421. The number of nitrogens with zero attached hydrogens (tertiary/aromatic N) is 3. The summed E-state index contributed by atoms with van der Waals surface area (Å²) in [5, 5.41) is 3.78. The summed E-state index contributed by atoms with van der Waals surface area (Å²) in [5.74, 6) is 1.41. The molecule has 0 unspecified atom stereocenters. The molecular weight excluding hydrogens is 368 g/mol. The number of methoxy groups -OCH3 is 2. The number of hydrogen-bond acceptors (Lipinski definition) is 6. The maximum absolute atomic E-state index is 12.6. The Morgan fingerprint density at radius 2 is 2.00 bits per heavy atom. The molecule has 1 saturated heterocycles. The molecule has 1 amide bonds. The van der Waals surface area contributed by atoms with Crippen molar-refractivity contribution >= 4 is 23.3 Å². The highest BCUT2D eigenvalue weighted by atomic mass is 35.5. The van der Waals surface area contributed by atoms with Crippen molar-refractivity contribution in [3.05, 3.63) is 41.0 Å². The number of anilines is 1. The van der Waals surface area contributed by atoms with Crippen LogP contribution in [-0.4, -0.2) is 54.1 Å². The minimum absolute atomic E-state index is 0.111. The predicted molar refractivity (Wildman–Crippen MR) is 104 cm³/mol. The molecule has 1 N–H and O–H groups in total. The summed E-state index contributed by atoms with van der Waals surface area (Å²) < 4.78 is 10.4. The Morgan fingerprint density at radius 1 is 1.26 bits per heavy atom. The number of ether oxygens (including phenoxy) is 2. The molecule has 0 atom stereocenters. The van der Waals surface area contributed by atoms with Crippen LogP contribution in [0.4, 0.5) is 5.82 Å². The van der Waals surface area contributed by atoms with Gasteiger partial charge in [0.15, 0.2) is 5.82 Å². The van der Waals surface area contributed by atoms with Crippen molar-refractivity contribution in [3.8, 4) is 11.8 Å². The van der Waals surface area contributed by atoms with Gasteiger partial charge in [0.2, 0.25) is 5.91 Å². The highest BCUT2D eigenvalue weighted by Crippen LogP contribution is 2.24. The third-order valence-corrected chi connectivity index (χ3v) is 4.90. The molecule has 2 aromatic rings. The average molecular weight is 391 g/mol. The lowest BCUT2D eigenvalue weighted by Crippen LogP contribution is -2.43. The molecule has 1 aliphatic rings. The van der Waals surface area contributed by atoms with Gasteiger partial charge in [-0.15, -0.1) is 0 Å². The second kappa shape index (κ2) is 8.90. The molecule has 1 aromatic heterocycles. The molecule has 2 heterocycles. The van der Waals surface area contributed by atoms with E-state index < -0.39 is 0 Å². The van der Waals surface area contributed by atoms with Gasteiger partial charge in [-0.3, -0.25) is 4.79 Å². The third-order valence-electron chi connectivity index (χ3n) is 4.63. The third kappa shape index (κ3) is 4.80. The smallest absolute Gasteiger partial charge is 0.318 e. The van der Waals surface area contributed by atoms with Crippen LogP contribution in [0.15, 0.2) is 30.5 Å². The Hall–Kier alpha value is -2.54. The molecule has 27 heavy (non-hydrogen) atoms. The van der Waals surface area contributed by atoms with Crippen molar-refractivity contribution in [3.63, 3.8) is 0 Å². The van der Waals surface area contributed by atoms with Crippen LogP contribution in [0.1, 0.15) is 18.4 Å². The molecule has 1 fully saturated rings. The van der Waals surface area contributed by atoms with Crippen LogP contribution in [-0.2, 0) is 11.2 Å². The quantitative estimate of drug-likeness (QED) is 0.817. The maximum Gasteiger partial charge on any atom is 0.318 e. The lowest BCUT2D eigenvalue weighted by Gasteiger charge is -2.33. The number of halogens is 1. The first kappa shape index (κ1) is 19.2. The van der Waals surface area contributed by atoms with Gasteiger partial charge in [-0.25, -0.2) is 4.98 Å². The summed E-state index contributed by atoms with van der Waals surface area (Å²) in [4.78, 5) is 22.7. The minimum Gasteiger partial charge on any atom is -0.496 e. The van der Waals surface area contributed by atoms with E-state index in [1.165, 1.54) is 13.3 Å². The van der Waals surface area contributed by atoms with Crippen molar-refractivity contribution in [1.29, 1.82) is 0 Å². The van der Waals surface area contributed by atoms with Crippen LogP contribution in [0.3, 0.4) is 0 Å². The van der Waals surface area contributed by atoms with Gasteiger partial charge in [0.1, 0.15) is 10.8 Å². The van der Waals surface area contributed by atoms with E-state index in [1.807, 2.05) is 29.2 Å². The standard InChI is InChI=1S/C19H23ClN4O3/c1-26-16-6-4-3-5-13(16)11-17(25)24-9-7-14(8-10-24)22-18-15(20)12-21-19(23-18)27-2/h3-6,12,14H,7-11H2,1-2H3,(H,21,22,23). The number of hydrogen-bond donors (Lipinski definition) is 1. The van der Waals surface area contributed by atoms with Crippen molar-refractivity contribution < 1.29 is 14.3 Å². The van der Waals surface area contributed by atoms with Gasteiger partial charge < -0.3 is 19.7 Å². The van der Waals surface area contributed by atoms with Crippen molar-refractivity contribution in [1.82, 2.24) is 14.9 Å². The van der Waals surface area contributed by atoms with Crippen LogP contribution in [0.2, 0.25) is 5.02 Å². The molecular formula is C19H23ClN4O3. The van der Waals surface area contributed by atoms with Gasteiger partial charge in [0.05, 0.1) is 26.8 Å². The lowest BCUT2D eigenvalue weighted by molar-refractivity contribution is -0.131. The fourth-order valence-corrected chi connectivity index (χ4v) is 3.29. The number of nitrogens with one attached hydrogen (secondary N) is 1. The first-order valence-electron chi connectivity index (χ1n) is 8.83. The lowest BCUT2D eigenvalue weighted by atomic mass is 10.0. The number of para-hydroxylation sites is 1. The number of benzene rings is 1. The van der Waals surface area contributed by atoms with Crippen LogP contribution in [0.25, 0.3) is 0 Å². The molecule has 0 aliphatic carbocycles. The first-order valence-corrected chi connectivity index (χ1v) is 9.21. The van der Waals surface area contributed by atoms with Gasteiger partial charge >= 0.3 is 6.01 Å². The number of piperidine rings is 1. The zero-order valence-electron chi connectivity index (χ0n) is 15.4. The fourth-order valence-electron chi connectivity index (χ4n) is 3.14. The number of aromatic nitrogens is 2. The minimum atomic E-state index is 0.111. The van der Waals surface area contributed by atoms with E-state index in [1.54, 1.807) is 7.11 Å². The zero-order valence-corrected chi connectivity index (χ0v) is 16.2. The molecule has 0 bridgehead atoms. The van der Waals surface area contributed by atoms with E-state index in [0.29, 0.717) is 30.4 Å². The Morgan fingerprint density at radius 3 is 2.70 bits per heavy atom. The van der Waals surface area contributed by atoms with Gasteiger partial charge in [0, 0.05) is 24.7 Å². The Bertz CT molecular complexity index is 794. The molecule has 1 aromatic carbocycles. The predicted octanol–water partition coefficient (Wildman–Crippen LogP) is 2.79. The van der Waals surface area contributed by atoms with Crippen LogP contribution >= 0.6 is 11.6 Å². The number of rotatable bonds is 6. The highest BCUT2D eigenvalue weighted by molar-refractivity contribution is 6.32. The largest absolute Gasteiger partial charge is 0.496 e. The average Bonchev–Trinajstić information content (AvgIpc) is 2.70. The zero-order chi connectivity index (χ0) is 19.2. The summed E-state index contributed by atoms with van der Waals surface area (Å²) in [6, 6.07) is 8.08. The molecule has 8 heteroatoms. The topological polar surface area (TPSA) is 76.6 Å². The van der Waals surface area contributed by atoms with Crippen LogP contribution in [0, 0.1) is 0 Å². The van der Waals surface area contributed by atoms with E-state index in [0.717, 1.165) is 24.2 Å². The molecule has 1 aliphatic heterocycles. The Labute approximate surface area is 163 Å². The van der Waals surface area contributed by atoms with Crippen LogP contribution < -0.4 is 14.8 Å². The van der Waals surface area contributed by atoms with Crippen LogP contribution in [0.5, 0.6) is 11.8 Å². The normalized spacial score (nSPS) is 14.7. The molecule has 7 nitrogen and oxygen atoms in total. The summed E-state index contributed by atoms with van der Waals surface area (Å²) in [5.41, 5.74) is 0.908. The SMILES string of the molecule is COc1ncc(Cl)c(NC2CCN(C(=O)Cc3ccccc3OC)CC2)n1. The van der Waals surface area contributed by atoms with E-state index >= 15 is 0 Å². The maximum atomic E-state index is 12.6. The number of likely N-dealkylation sites (tertiary alicyclic amines) is 1. The van der Waals surface area contributed by atoms with Gasteiger partial charge in [-0.05, 0) is 18.9 Å². The molecule has 3 rings (SSSR count). The van der Waals surface area contributed by atoms with E-state index in [4.69, 9.17) is 21.1 Å².